The highest BCUT2D eigenvalue weighted by Crippen LogP contribution is 2.40. The largest absolute Gasteiger partial charge is 0.293 e. The molecule has 0 radical (unpaired) electrons. The van der Waals surface area contributed by atoms with E-state index in [4.69, 9.17) is 0 Å². The average Bonchev–Trinajstić information content (AvgIpc) is 2.47. The maximum atomic E-state index is 10.8. The summed E-state index contributed by atoms with van der Waals surface area (Å²) in [5.41, 5.74) is 0.121. The highest BCUT2D eigenvalue weighted by Gasteiger charge is 2.19. The molecule has 0 saturated carbocycles. The number of nitro groups is 1. The van der Waals surface area contributed by atoms with Crippen molar-refractivity contribution in [2.75, 3.05) is 0 Å². The normalized spacial score (nSPS) is 10.7. The van der Waals surface area contributed by atoms with Gasteiger partial charge in [-0.2, -0.15) is 0 Å². The molecule has 72 valence electrons. The minimum atomic E-state index is -0.371. The number of hydrogen-bond donors (Lipinski definition) is 0. The lowest BCUT2D eigenvalue weighted by molar-refractivity contribution is -0.383. The van der Waals surface area contributed by atoms with E-state index in [1.807, 2.05) is 11.4 Å². The Bertz CT molecular complexity index is 523. The molecule has 0 fully saturated rings. The zero-order valence-electron chi connectivity index (χ0n) is 6.66. The van der Waals surface area contributed by atoms with Crippen LogP contribution in [0.25, 0.3) is 10.1 Å². The quantitative estimate of drug-likeness (QED) is 0.574. The molecule has 0 unspecified atom stereocenters. The van der Waals surface area contributed by atoms with Crippen molar-refractivity contribution in [3.63, 3.8) is 0 Å². The zero-order valence-corrected chi connectivity index (χ0v) is 10.6. The number of nitrogens with zero attached hydrogens (tertiary/aromatic N) is 1. The molecule has 6 heteroatoms. The maximum Gasteiger partial charge on any atom is 0.293 e. The highest BCUT2D eigenvalue weighted by molar-refractivity contribution is 9.11. The fourth-order valence-corrected chi connectivity index (χ4v) is 3.34. The fourth-order valence-electron chi connectivity index (χ4n) is 1.23. The molecule has 0 saturated heterocycles. The first kappa shape index (κ1) is 10.1. The average molecular weight is 337 g/mol. The van der Waals surface area contributed by atoms with Crippen molar-refractivity contribution in [2.24, 2.45) is 0 Å². The number of fused-ring (bicyclic) bond motifs is 1. The molecule has 0 spiro atoms. The van der Waals surface area contributed by atoms with E-state index in [2.05, 4.69) is 31.9 Å². The zero-order chi connectivity index (χ0) is 10.3. The summed E-state index contributed by atoms with van der Waals surface area (Å²) >= 11 is 7.97. The van der Waals surface area contributed by atoms with Crippen LogP contribution >= 0.6 is 43.2 Å². The van der Waals surface area contributed by atoms with Crippen molar-refractivity contribution in [3.8, 4) is 0 Å². The van der Waals surface area contributed by atoms with Crippen molar-refractivity contribution >= 4 is 59.0 Å². The van der Waals surface area contributed by atoms with Crippen molar-refractivity contribution < 1.29 is 4.92 Å². The van der Waals surface area contributed by atoms with E-state index in [1.54, 1.807) is 6.07 Å². The molecular weight excluding hydrogens is 334 g/mol. The number of rotatable bonds is 1. The van der Waals surface area contributed by atoms with Gasteiger partial charge in [0.05, 0.1) is 14.8 Å². The molecular formula is C8H3Br2NO2S. The Hall–Kier alpha value is -0.460. The van der Waals surface area contributed by atoms with E-state index in [0.717, 1.165) is 9.17 Å². The van der Waals surface area contributed by atoms with Crippen LogP contribution in [0.5, 0.6) is 0 Å². The second-order valence-electron chi connectivity index (χ2n) is 2.61. The molecule has 14 heavy (non-hydrogen) atoms. The number of benzene rings is 1. The van der Waals surface area contributed by atoms with Gasteiger partial charge in [-0.3, -0.25) is 10.1 Å². The monoisotopic (exact) mass is 335 g/mol. The van der Waals surface area contributed by atoms with Crippen LogP contribution in [-0.4, -0.2) is 4.92 Å². The molecule has 1 heterocycles. The lowest BCUT2D eigenvalue weighted by Crippen LogP contribution is -1.89. The van der Waals surface area contributed by atoms with Gasteiger partial charge in [-0.25, -0.2) is 0 Å². The summed E-state index contributed by atoms with van der Waals surface area (Å²) in [6.07, 6.45) is 0. The topological polar surface area (TPSA) is 43.1 Å². The standard InChI is InChI=1S/C8H3Br2NO2S/c9-4-1-2-6-7(5(10)3-14-6)8(4)11(12)13/h1-3H. The number of hydrogen-bond acceptors (Lipinski definition) is 3. The molecule has 0 atom stereocenters. The van der Waals surface area contributed by atoms with E-state index in [0.29, 0.717) is 9.86 Å². The number of halogens is 2. The summed E-state index contributed by atoms with van der Waals surface area (Å²) in [6.45, 7) is 0. The first-order valence-corrected chi connectivity index (χ1v) is 6.07. The van der Waals surface area contributed by atoms with Crippen LogP contribution in [0, 0.1) is 10.1 Å². The smallest absolute Gasteiger partial charge is 0.258 e. The first-order valence-electron chi connectivity index (χ1n) is 3.61. The summed E-state index contributed by atoms with van der Waals surface area (Å²) < 4.78 is 2.19. The van der Waals surface area contributed by atoms with Crippen molar-refractivity contribution in [1.82, 2.24) is 0 Å². The van der Waals surface area contributed by atoms with Gasteiger partial charge >= 0.3 is 0 Å². The van der Waals surface area contributed by atoms with Crippen LogP contribution < -0.4 is 0 Å². The van der Waals surface area contributed by atoms with Gasteiger partial charge in [0.25, 0.3) is 5.69 Å². The third kappa shape index (κ3) is 1.47. The van der Waals surface area contributed by atoms with Gasteiger partial charge in [0.15, 0.2) is 0 Å². The molecule has 0 aliphatic carbocycles. The third-order valence-electron chi connectivity index (χ3n) is 1.80. The SMILES string of the molecule is O=[N+]([O-])c1c(Br)ccc2scc(Br)c12. The fraction of sp³-hybridized carbons (Fsp3) is 0. The highest BCUT2D eigenvalue weighted by atomic mass is 79.9. The second kappa shape index (κ2) is 3.60. The lowest BCUT2D eigenvalue weighted by atomic mass is 10.2. The predicted octanol–water partition coefficient (Wildman–Crippen LogP) is 4.33. The predicted molar refractivity (Wildman–Crippen MR) is 63.9 cm³/mol. The van der Waals surface area contributed by atoms with E-state index in [-0.39, 0.29) is 10.6 Å². The van der Waals surface area contributed by atoms with Crippen molar-refractivity contribution in [1.29, 1.82) is 0 Å². The van der Waals surface area contributed by atoms with E-state index >= 15 is 0 Å². The van der Waals surface area contributed by atoms with Gasteiger partial charge in [0.2, 0.25) is 0 Å². The number of thiophene rings is 1. The Morgan fingerprint density at radius 1 is 1.29 bits per heavy atom. The lowest BCUT2D eigenvalue weighted by Gasteiger charge is -1.97. The minimum absolute atomic E-state index is 0.121. The van der Waals surface area contributed by atoms with Crippen LogP contribution in [0.15, 0.2) is 26.5 Å². The van der Waals surface area contributed by atoms with E-state index in [1.165, 1.54) is 11.3 Å². The Morgan fingerprint density at radius 2 is 2.00 bits per heavy atom. The third-order valence-corrected chi connectivity index (χ3v) is 4.32. The molecule has 0 aliphatic rings. The molecule has 0 bridgehead atoms. The van der Waals surface area contributed by atoms with Crippen LogP contribution in [0.1, 0.15) is 0 Å². The molecule has 3 nitrogen and oxygen atoms in total. The molecule has 2 rings (SSSR count). The Balaban J connectivity index is 2.94. The first-order chi connectivity index (χ1) is 6.61. The maximum absolute atomic E-state index is 10.8. The van der Waals surface area contributed by atoms with Crippen molar-refractivity contribution in [3.05, 3.63) is 36.6 Å². The Morgan fingerprint density at radius 3 is 2.64 bits per heavy atom. The van der Waals surface area contributed by atoms with Gasteiger partial charge in [0, 0.05) is 14.6 Å². The molecule has 2 aromatic rings. The van der Waals surface area contributed by atoms with Crippen LogP contribution in [0.3, 0.4) is 0 Å². The summed E-state index contributed by atoms with van der Waals surface area (Å²) in [5.74, 6) is 0. The van der Waals surface area contributed by atoms with E-state index in [9.17, 15) is 10.1 Å². The second-order valence-corrected chi connectivity index (χ2v) is 5.23. The molecule has 0 aliphatic heterocycles. The molecule has 0 N–H and O–H groups in total. The van der Waals surface area contributed by atoms with E-state index < -0.39 is 0 Å². The summed E-state index contributed by atoms with van der Waals surface area (Å²) in [5, 5.41) is 13.4. The molecule has 1 aromatic carbocycles. The minimum Gasteiger partial charge on any atom is -0.258 e. The summed E-state index contributed by atoms with van der Waals surface area (Å²) in [7, 11) is 0. The van der Waals surface area contributed by atoms with Gasteiger partial charge in [-0.05, 0) is 44.0 Å². The Labute approximate surface area is 100 Å². The number of nitro benzene ring substituents is 1. The Kier molecular flexibility index (Phi) is 2.59. The van der Waals surface area contributed by atoms with Crippen LogP contribution in [0.2, 0.25) is 0 Å². The van der Waals surface area contributed by atoms with Crippen molar-refractivity contribution in [2.45, 2.75) is 0 Å². The van der Waals surface area contributed by atoms with Gasteiger partial charge in [-0.1, -0.05) is 0 Å². The van der Waals surface area contributed by atoms with Gasteiger partial charge in [-0.15, -0.1) is 11.3 Å². The molecule has 0 amide bonds. The van der Waals surface area contributed by atoms with Gasteiger partial charge in [0.1, 0.15) is 0 Å². The van der Waals surface area contributed by atoms with Crippen LogP contribution in [-0.2, 0) is 0 Å². The van der Waals surface area contributed by atoms with Gasteiger partial charge < -0.3 is 0 Å². The summed E-state index contributed by atoms with van der Waals surface area (Å²) in [6, 6.07) is 3.56. The summed E-state index contributed by atoms with van der Waals surface area (Å²) in [4.78, 5) is 10.5. The molecule has 1 aromatic heterocycles. The van der Waals surface area contributed by atoms with Crippen LogP contribution in [0.4, 0.5) is 5.69 Å².